The van der Waals surface area contributed by atoms with Crippen molar-refractivity contribution in [2.24, 2.45) is 0 Å². The van der Waals surface area contributed by atoms with Crippen molar-refractivity contribution in [1.29, 1.82) is 0 Å². The highest BCUT2D eigenvalue weighted by Crippen LogP contribution is 2.36. The molecule has 4 nitrogen and oxygen atoms in total. The summed E-state index contributed by atoms with van der Waals surface area (Å²) in [5.74, 6) is -0.151. The molecule has 0 saturated carbocycles. The van der Waals surface area contributed by atoms with Crippen molar-refractivity contribution in [3.8, 4) is 0 Å². The highest BCUT2D eigenvalue weighted by Gasteiger charge is 2.33. The molecule has 2 rings (SSSR count). The second kappa shape index (κ2) is 9.08. The van der Waals surface area contributed by atoms with E-state index in [9.17, 15) is 18.0 Å². The largest absolute Gasteiger partial charge is 0.417 e. The van der Waals surface area contributed by atoms with Crippen LogP contribution in [0.15, 0.2) is 36.7 Å². The monoisotopic (exact) mass is 399 g/mol. The van der Waals surface area contributed by atoms with Crippen LogP contribution in [-0.2, 0) is 6.18 Å². The number of halogens is 4. The molecule has 1 aromatic carbocycles. The van der Waals surface area contributed by atoms with E-state index in [1.54, 1.807) is 11.0 Å². The van der Waals surface area contributed by atoms with E-state index in [4.69, 9.17) is 11.6 Å². The molecule has 0 bridgehead atoms. The Morgan fingerprint density at radius 1 is 1.11 bits per heavy atom. The lowest BCUT2D eigenvalue weighted by Gasteiger charge is -2.21. The van der Waals surface area contributed by atoms with E-state index >= 15 is 0 Å². The maximum absolute atomic E-state index is 13.0. The van der Waals surface area contributed by atoms with Crippen molar-refractivity contribution >= 4 is 28.9 Å². The van der Waals surface area contributed by atoms with Gasteiger partial charge in [0.1, 0.15) is 0 Å². The second-order valence-corrected chi connectivity index (χ2v) is 6.48. The Bertz CT molecular complexity index is 790. The van der Waals surface area contributed by atoms with Gasteiger partial charge in [-0.3, -0.25) is 9.78 Å². The number of anilines is 2. The average Bonchev–Trinajstić information content (AvgIpc) is 2.62. The molecule has 1 amide bonds. The Labute approximate surface area is 161 Å². The van der Waals surface area contributed by atoms with E-state index in [0.29, 0.717) is 24.3 Å². The predicted octanol–water partition coefficient (Wildman–Crippen LogP) is 5.76. The van der Waals surface area contributed by atoms with Crippen LogP contribution in [0, 0.1) is 0 Å². The molecule has 0 aliphatic carbocycles. The third-order valence-corrected chi connectivity index (χ3v) is 4.15. The number of hydrogen-bond acceptors (Lipinski definition) is 3. The van der Waals surface area contributed by atoms with Gasteiger partial charge >= 0.3 is 6.18 Å². The first kappa shape index (κ1) is 21.0. The number of carbonyl (C=O) groups is 1. The van der Waals surface area contributed by atoms with Crippen LogP contribution >= 0.6 is 11.6 Å². The van der Waals surface area contributed by atoms with Crippen molar-refractivity contribution in [2.75, 3.05) is 18.4 Å². The van der Waals surface area contributed by atoms with E-state index in [0.717, 1.165) is 18.9 Å². The molecule has 0 atom stereocenters. The number of nitrogens with zero attached hydrogens (tertiary/aromatic N) is 2. The third-order valence-electron chi connectivity index (χ3n) is 3.82. The van der Waals surface area contributed by atoms with Crippen LogP contribution in [0.25, 0.3) is 0 Å². The van der Waals surface area contributed by atoms with Crippen molar-refractivity contribution < 1.29 is 18.0 Å². The fourth-order valence-corrected chi connectivity index (χ4v) is 2.87. The standard InChI is InChI=1S/C19H21ClF3N3O/c1-3-7-26(8-4-2)18(27)13-9-15(12-24-11-13)25-14-5-6-17(20)16(10-14)19(21,22)23/h5-6,9-12,25H,3-4,7-8H2,1-2H3. The second-order valence-electron chi connectivity index (χ2n) is 6.07. The molecule has 146 valence electrons. The van der Waals surface area contributed by atoms with Gasteiger partial charge in [-0.15, -0.1) is 0 Å². The van der Waals surface area contributed by atoms with Gasteiger partial charge in [-0.2, -0.15) is 13.2 Å². The molecule has 27 heavy (non-hydrogen) atoms. The zero-order valence-electron chi connectivity index (χ0n) is 15.1. The first-order valence-electron chi connectivity index (χ1n) is 8.64. The minimum Gasteiger partial charge on any atom is -0.354 e. The fourth-order valence-electron chi connectivity index (χ4n) is 2.65. The summed E-state index contributed by atoms with van der Waals surface area (Å²) < 4.78 is 39.0. The maximum atomic E-state index is 13.0. The van der Waals surface area contributed by atoms with E-state index in [2.05, 4.69) is 10.3 Å². The molecule has 0 aliphatic heterocycles. The van der Waals surface area contributed by atoms with Crippen molar-refractivity contribution in [2.45, 2.75) is 32.9 Å². The summed E-state index contributed by atoms with van der Waals surface area (Å²) in [6.45, 7) is 5.25. The minimum atomic E-state index is -4.55. The van der Waals surface area contributed by atoms with Crippen LogP contribution in [-0.4, -0.2) is 28.9 Å². The fraction of sp³-hybridized carbons (Fsp3) is 0.368. The number of benzene rings is 1. The number of nitrogens with one attached hydrogen (secondary N) is 1. The zero-order chi connectivity index (χ0) is 20.0. The van der Waals surface area contributed by atoms with Crippen LogP contribution < -0.4 is 5.32 Å². The summed E-state index contributed by atoms with van der Waals surface area (Å²) in [4.78, 5) is 18.4. The quantitative estimate of drug-likeness (QED) is 0.643. The maximum Gasteiger partial charge on any atom is 0.417 e. The lowest BCUT2D eigenvalue weighted by Crippen LogP contribution is -2.32. The summed E-state index contributed by atoms with van der Waals surface area (Å²) in [5.41, 5.74) is 0.0830. The van der Waals surface area contributed by atoms with Crippen molar-refractivity contribution in [3.63, 3.8) is 0 Å². The van der Waals surface area contributed by atoms with Crippen molar-refractivity contribution in [1.82, 2.24) is 9.88 Å². The van der Waals surface area contributed by atoms with Gasteiger partial charge in [0.15, 0.2) is 0 Å². The molecule has 1 heterocycles. The number of aromatic nitrogens is 1. The van der Waals surface area contributed by atoms with E-state index in [-0.39, 0.29) is 16.6 Å². The topological polar surface area (TPSA) is 45.2 Å². The first-order valence-corrected chi connectivity index (χ1v) is 9.02. The lowest BCUT2D eigenvalue weighted by molar-refractivity contribution is -0.137. The predicted molar refractivity (Wildman–Crippen MR) is 100 cm³/mol. The van der Waals surface area contributed by atoms with Crippen LogP contribution in [0.3, 0.4) is 0 Å². The van der Waals surface area contributed by atoms with E-state index in [1.807, 2.05) is 13.8 Å². The summed E-state index contributed by atoms with van der Waals surface area (Å²) in [6, 6.07) is 5.12. The summed E-state index contributed by atoms with van der Waals surface area (Å²) in [6.07, 6.45) is 0.0211. The molecule has 0 unspecified atom stereocenters. The van der Waals surface area contributed by atoms with E-state index < -0.39 is 11.7 Å². The highest BCUT2D eigenvalue weighted by atomic mass is 35.5. The minimum absolute atomic E-state index is 0.151. The highest BCUT2D eigenvalue weighted by molar-refractivity contribution is 6.31. The number of carbonyl (C=O) groups excluding carboxylic acids is 1. The van der Waals surface area contributed by atoms with Crippen molar-refractivity contribution in [3.05, 3.63) is 52.8 Å². The van der Waals surface area contributed by atoms with Gasteiger partial charge in [0.05, 0.1) is 28.0 Å². The Balaban J connectivity index is 2.24. The number of hydrogen-bond donors (Lipinski definition) is 1. The Morgan fingerprint density at radius 2 is 1.78 bits per heavy atom. The molecule has 0 saturated heterocycles. The lowest BCUT2D eigenvalue weighted by atomic mass is 10.1. The smallest absolute Gasteiger partial charge is 0.354 e. The summed E-state index contributed by atoms with van der Waals surface area (Å²) in [5, 5.41) is 2.48. The van der Waals surface area contributed by atoms with Gasteiger partial charge in [-0.25, -0.2) is 0 Å². The van der Waals surface area contributed by atoms with Crippen LogP contribution in [0.5, 0.6) is 0 Å². The molecule has 0 spiro atoms. The van der Waals surface area contributed by atoms with Gasteiger partial charge in [0.2, 0.25) is 0 Å². The first-order chi connectivity index (χ1) is 12.8. The van der Waals surface area contributed by atoms with Gasteiger partial charge in [-0.1, -0.05) is 25.4 Å². The number of pyridine rings is 1. The third kappa shape index (κ3) is 5.60. The number of rotatable bonds is 7. The molecular weight excluding hydrogens is 379 g/mol. The molecule has 0 radical (unpaired) electrons. The average molecular weight is 400 g/mol. The molecule has 1 N–H and O–H groups in total. The molecule has 1 aromatic heterocycles. The number of amides is 1. The van der Waals surface area contributed by atoms with Crippen LogP contribution in [0.1, 0.15) is 42.6 Å². The summed E-state index contributed by atoms with van der Waals surface area (Å²) >= 11 is 5.63. The number of alkyl halides is 3. The molecule has 2 aromatic rings. The Hall–Kier alpha value is -2.28. The van der Waals surface area contributed by atoms with E-state index in [1.165, 1.54) is 24.5 Å². The van der Waals surface area contributed by atoms with Gasteiger partial charge in [-0.05, 0) is 37.1 Å². The normalized spacial score (nSPS) is 11.3. The molecule has 8 heteroatoms. The van der Waals surface area contributed by atoms with Gasteiger partial charge in [0, 0.05) is 25.0 Å². The van der Waals surface area contributed by atoms with Gasteiger partial charge < -0.3 is 10.2 Å². The van der Waals surface area contributed by atoms with Crippen LogP contribution in [0.4, 0.5) is 24.5 Å². The SMILES string of the molecule is CCCN(CCC)C(=O)c1cncc(Nc2ccc(Cl)c(C(F)(F)F)c2)c1. The molecule has 0 aliphatic rings. The van der Waals surface area contributed by atoms with Crippen LogP contribution in [0.2, 0.25) is 5.02 Å². The Morgan fingerprint density at radius 3 is 2.37 bits per heavy atom. The van der Waals surface area contributed by atoms with Gasteiger partial charge in [0.25, 0.3) is 5.91 Å². The summed E-state index contributed by atoms with van der Waals surface area (Å²) in [7, 11) is 0. The zero-order valence-corrected chi connectivity index (χ0v) is 15.9. The molecular formula is C19H21ClF3N3O. The molecule has 0 fully saturated rings. The Kier molecular flexibility index (Phi) is 7.07.